The standard InChI is InChI=1S/C21H22N4O3/c1-14(2)25-20(27)12-10-17(24-25)16-9-11-19(28-13-18(26)22-3)23-21(16)15-7-5-4-6-8-15/h4-12,14H,13H2,1-3H3,(H,22,26). The SMILES string of the molecule is CNC(=O)COc1ccc(-c2ccc(=O)n(C(C)C)n2)c(-c2ccccc2)n1. The molecular weight excluding hydrogens is 356 g/mol. The van der Waals surface area contributed by atoms with E-state index in [1.165, 1.54) is 10.7 Å². The molecule has 28 heavy (non-hydrogen) atoms. The number of carbonyl (C=O) groups excluding carboxylic acids is 1. The van der Waals surface area contributed by atoms with Gasteiger partial charge in [0.25, 0.3) is 11.5 Å². The third kappa shape index (κ3) is 4.25. The number of carbonyl (C=O) groups is 1. The van der Waals surface area contributed by atoms with Crippen LogP contribution < -0.4 is 15.6 Å². The van der Waals surface area contributed by atoms with Gasteiger partial charge in [0.15, 0.2) is 6.61 Å². The molecule has 7 nitrogen and oxygen atoms in total. The predicted octanol–water partition coefficient (Wildman–Crippen LogP) is 2.68. The highest BCUT2D eigenvalue weighted by Crippen LogP contribution is 2.31. The number of aromatic nitrogens is 3. The number of hydrogen-bond donors (Lipinski definition) is 1. The van der Waals surface area contributed by atoms with Crippen molar-refractivity contribution in [2.45, 2.75) is 19.9 Å². The van der Waals surface area contributed by atoms with Gasteiger partial charge in [-0.15, -0.1) is 0 Å². The highest BCUT2D eigenvalue weighted by molar-refractivity contribution is 5.79. The number of nitrogens with one attached hydrogen (secondary N) is 1. The number of rotatable bonds is 6. The van der Waals surface area contributed by atoms with Crippen LogP contribution in [0.5, 0.6) is 5.88 Å². The fourth-order valence-electron chi connectivity index (χ4n) is 2.69. The Labute approximate surface area is 163 Å². The summed E-state index contributed by atoms with van der Waals surface area (Å²) in [7, 11) is 1.55. The number of likely N-dealkylation sites (N-methyl/N-ethyl adjacent to an activating group) is 1. The molecule has 1 N–H and O–H groups in total. The second-order valence-corrected chi connectivity index (χ2v) is 6.47. The average Bonchev–Trinajstić information content (AvgIpc) is 2.72. The zero-order valence-corrected chi connectivity index (χ0v) is 16.0. The summed E-state index contributed by atoms with van der Waals surface area (Å²) in [5.41, 5.74) is 2.80. The van der Waals surface area contributed by atoms with Crippen LogP contribution in [-0.2, 0) is 4.79 Å². The fourth-order valence-corrected chi connectivity index (χ4v) is 2.69. The number of hydrogen-bond acceptors (Lipinski definition) is 5. The summed E-state index contributed by atoms with van der Waals surface area (Å²) in [6, 6.07) is 16.3. The van der Waals surface area contributed by atoms with Crippen LogP contribution in [0.25, 0.3) is 22.5 Å². The summed E-state index contributed by atoms with van der Waals surface area (Å²) < 4.78 is 6.94. The molecule has 0 aliphatic carbocycles. The lowest BCUT2D eigenvalue weighted by Gasteiger charge is -2.14. The summed E-state index contributed by atoms with van der Waals surface area (Å²) in [6.45, 7) is 3.70. The van der Waals surface area contributed by atoms with E-state index in [0.717, 1.165) is 11.1 Å². The fraction of sp³-hybridized carbons (Fsp3) is 0.238. The molecule has 0 saturated heterocycles. The average molecular weight is 378 g/mol. The van der Waals surface area contributed by atoms with Gasteiger partial charge in [0.1, 0.15) is 0 Å². The smallest absolute Gasteiger partial charge is 0.267 e. The Hall–Kier alpha value is -3.48. The molecule has 7 heteroatoms. The lowest BCUT2D eigenvalue weighted by Crippen LogP contribution is -2.25. The van der Waals surface area contributed by atoms with Gasteiger partial charge in [0.2, 0.25) is 5.88 Å². The maximum Gasteiger partial charge on any atom is 0.267 e. The van der Waals surface area contributed by atoms with E-state index in [0.29, 0.717) is 17.3 Å². The van der Waals surface area contributed by atoms with E-state index < -0.39 is 0 Å². The molecule has 0 unspecified atom stereocenters. The highest BCUT2D eigenvalue weighted by Gasteiger charge is 2.14. The molecule has 0 atom stereocenters. The lowest BCUT2D eigenvalue weighted by atomic mass is 10.0. The quantitative estimate of drug-likeness (QED) is 0.713. The van der Waals surface area contributed by atoms with Crippen molar-refractivity contribution in [3.05, 3.63) is 65.0 Å². The van der Waals surface area contributed by atoms with Gasteiger partial charge in [-0.05, 0) is 26.0 Å². The van der Waals surface area contributed by atoms with Crippen LogP contribution in [0.4, 0.5) is 0 Å². The molecule has 0 fully saturated rings. The van der Waals surface area contributed by atoms with Gasteiger partial charge in [-0.2, -0.15) is 5.10 Å². The van der Waals surface area contributed by atoms with Gasteiger partial charge in [-0.3, -0.25) is 9.59 Å². The van der Waals surface area contributed by atoms with Gasteiger partial charge >= 0.3 is 0 Å². The molecule has 0 saturated carbocycles. The summed E-state index contributed by atoms with van der Waals surface area (Å²) in [4.78, 5) is 28.1. The topological polar surface area (TPSA) is 86.1 Å². The first-order chi connectivity index (χ1) is 13.5. The molecule has 3 aromatic rings. The number of benzene rings is 1. The summed E-state index contributed by atoms with van der Waals surface area (Å²) in [5, 5.41) is 7.01. The van der Waals surface area contributed by atoms with E-state index in [1.54, 1.807) is 19.2 Å². The molecule has 0 spiro atoms. The van der Waals surface area contributed by atoms with Gasteiger partial charge in [-0.1, -0.05) is 30.3 Å². The molecule has 3 rings (SSSR count). The minimum absolute atomic E-state index is 0.0595. The van der Waals surface area contributed by atoms with Crippen LogP contribution >= 0.6 is 0 Å². The minimum Gasteiger partial charge on any atom is -0.468 e. The zero-order valence-electron chi connectivity index (χ0n) is 16.0. The normalized spacial score (nSPS) is 10.7. The molecule has 1 aromatic carbocycles. The Bertz CT molecular complexity index is 1030. The lowest BCUT2D eigenvalue weighted by molar-refractivity contribution is -0.122. The second-order valence-electron chi connectivity index (χ2n) is 6.47. The number of pyridine rings is 1. The van der Waals surface area contributed by atoms with Crippen molar-refractivity contribution in [2.75, 3.05) is 13.7 Å². The van der Waals surface area contributed by atoms with E-state index in [9.17, 15) is 9.59 Å². The van der Waals surface area contributed by atoms with Crippen molar-refractivity contribution in [1.29, 1.82) is 0 Å². The van der Waals surface area contributed by atoms with Crippen molar-refractivity contribution in [3.8, 4) is 28.4 Å². The largest absolute Gasteiger partial charge is 0.468 e. The molecule has 0 aliphatic heterocycles. The number of amides is 1. The van der Waals surface area contributed by atoms with Crippen molar-refractivity contribution < 1.29 is 9.53 Å². The van der Waals surface area contributed by atoms with Gasteiger partial charge in [0, 0.05) is 30.3 Å². The molecule has 2 aromatic heterocycles. The van der Waals surface area contributed by atoms with E-state index in [2.05, 4.69) is 15.4 Å². The minimum atomic E-state index is -0.238. The molecule has 0 aliphatic rings. The van der Waals surface area contributed by atoms with E-state index in [4.69, 9.17) is 4.74 Å². The summed E-state index contributed by atoms with van der Waals surface area (Å²) >= 11 is 0. The van der Waals surface area contributed by atoms with Crippen LogP contribution in [0.1, 0.15) is 19.9 Å². The van der Waals surface area contributed by atoms with Gasteiger partial charge in [-0.25, -0.2) is 9.67 Å². The van der Waals surface area contributed by atoms with Crippen LogP contribution in [0, 0.1) is 0 Å². The Morgan fingerprint density at radius 1 is 1.11 bits per heavy atom. The van der Waals surface area contributed by atoms with Gasteiger partial charge < -0.3 is 10.1 Å². The Kier molecular flexibility index (Phi) is 5.84. The van der Waals surface area contributed by atoms with Crippen LogP contribution in [-0.4, -0.2) is 34.3 Å². The Morgan fingerprint density at radius 2 is 1.86 bits per heavy atom. The van der Waals surface area contributed by atoms with Crippen LogP contribution in [0.2, 0.25) is 0 Å². The molecular formula is C21H22N4O3. The third-order valence-electron chi connectivity index (χ3n) is 4.14. The number of nitrogens with zero attached hydrogens (tertiary/aromatic N) is 3. The molecule has 2 heterocycles. The van der Waals surface area contributed by atoms with Crippen molar-refractivity contribution >= 4 is 5.91 Å². The highest BCUT2D eigenvalue weighted by atomic mass is 16.5. The number of ether oxygens (including phenoxy) is 1. The first-order valence-corrected chi connectivity index (χ1v) is 8.99. The predicted molar refractivity (Wildman–Crippen MR) is 107 cm³/mol. The van der Waals surface area contributed by atoms with Gasteiger partial charge in [0.05, 0.1) is 17.4 Å². The van der Waals surface area contributed by atoms with Crippen molar-refractivity contribution in [1.82, 2.24) is 20.1 Å². The first-order valence-electron chi connectivity index (χ1n) is 8.99. The Morgan fingerprint density at radius 3 is 2.54 bits per heavy atom. The second kappa shape index (κ2) is 8.47. The maximum atomic E-state index is 12.1. The van der Waals surface area contributed by atoms with E-state index in [1.807, 2.05) is 50.2 Å². The summed E-state index contributed by atoms with van der Waals surface area (Å²) in [6.07, 6.45) is 0. The molecule has 144 valence electrons. The molecule has 1 amide bonds. The summed E-state index contributed by atoms with van der Waals surface area (Å²) in [5.74, 6) is 0.0983. The van der Waals surface area contributed by atoms with Crippen molar-refractivity contribution in [2.24, 2.45) is 0 Å². The monoisotopic (exact) mass is 378 g/mol. The molecule has 0 radical (unpaired) electrons. The van der Waals surface area contributed by atoms with Crippen LogP contribution in [0.15, 0.2) is 59.4 Å². The van der Waals surface area contributed by atoms with E-state index >= 15 is 0 Å². The molecule has 0 bridgehead atoms. The third-order valence-corrected chi connectivity index (χ3v) is 4.14. The van der Waals surface area contributed by atoms with Crippen molar-refractivity contribution in [3.63, 3.8) is 0 Å². The maximum absolute atomic E-state index is 12.1. The Balaban J connectivity index is 2.09. The van der Waals surface area contributed by atoms with Crippen LogP contribution in [0.3, 0.4) is 0 Å². The van der Waals surface area contributed by atoms with E-state index in [-0.39, 0.29) is 24.1 Å². The first kappa shape index (κ1) is 19.3. The zero-order chi connectivity index (χ0) is 20.1.